The monoisotopic (exact) mass is 252 g/mol. The summed E-state index contributed by atoms with van der Waals surface area (Å²) in [7, 11) is 0. The summed E-state index contributed by atoms with van der Waals surface area (Å²) in [6.45, 7) is 9.05. The minimum Gasteiger partial charge on any atom is -0.466 e. The van der Waals surface area contributed by atoms with Gasteiger partial charge in [-0.15, -0.1) is 0 Å². The van der Waals surface area contributed by atoms with Gasteiger partial charge in [-0.2, -0.15) is 0 Å². The summed E-state index contributed by atoms with van der Waals surface area (Å²) < 4.78 is 5.36. The SMILES string of the molecule is CCC(CC)(CN)CNC(=O)c1cc(C)oc1C. The molecule has 1 heterocycles. The molecule has 1 amide bonds. The lowest BCUT2D eigenvalue weighted by molar-refractivity contribution is 0.0926. The Morgan fingerprint density at radius 3 is 2.39 bits per heavy atom. The van der Waals surface area contributed by atoms with Crippen LogP contribution in [-0.2, 0) is 0 Å². The molecule has 0 aliphatic carbocycles. The Kier molecular flexibility index (Phi) is 4.96. The number of aryl methyl sites for hydroxylation is 2. The van der Waals surface area contributed by atoms with Gasteiger partial charge < -0.3 is 15.5 Å². The van der Waals surface area contributed by atoms with E-state index >= 15 is 0 Å². The van der Waals surface area contributed by atoms with Crippen LogP contribution in [0.3, 0.4) is 0 Å². The van der Waals surface area contributed by atoms with E-state index in [2.05, 4.69) is 19.2 Å². The van der Waals surface area contributed by atoms with Crippen LogP contribution in [0.2, 0.25) is 0 Å². The maximum absolute atomic E-state index is 12.1. The van der Waals surface area contributed by atoms with Gasteiger partial charge in [0, 0.05) is 6.54 Å². The van der Waals surface area contributed by atoms with Gasteiger partial charge in [-0.1, -0.05) is 13.8 Å². The summed E-state index contributed by atoms with van der Waals surface area (Å²) in [4.78, 5) is 12.1. The number of carbonyl (C=O) groups excluding carboxylic acids is 1. The van der Waals surface area contributed by atoms with E-state index in [0.29, 0.717) is 24.4 Å². The van der Waals surface area contributed by atoms with Gasteiger partial charge in [0.15, 0.2) is 0 Å². The maximum Gasteiger partial charge on any atom is 0.254 e. The van der Waals surface area contributed by atoms with Gasteiger partial charge in [0.1, 0.15) is 11.5 Å². The second-order valence-corrected chi connectivity index (χ2v) is 4.92. The lowest BCUT2D eigenvalue weighted by atomic mass is 9.82. The Morgan fingerprint density at radius 1 is 1.39 bits per heavy atom. The molecule has 4 nitrogen and oxygen atoms in total. The molecule has 102 valence electrons. The van der Waals surface area contributed by atoms with Gasteiger partial charge in [0.05, 0.1) is 5.56 Å². The van der Waals surface area contributed by atoms with Crippen LogP contribution < -0.4 is 11.1 Å². The highest BCUT2D eigenvalue weighted by Crippen LogP contribution is 2.24. The molecule has 18 heavy (non-hydrogen) atoms. The molecule has 0 aliphatic rings. The zero-order valence-electron chi connectivity index (χ0n) is 11.8. The number of nitrogens with two attached hydrogens (primary N) is 1. The summed E-state index contributed by atoms with van der Waals surface area (Å²) in [5.74, 6) is 1.34. The highest BCUT2D eigenvalue weighted by Gasteiger charge is 2.25. The summed E-state index contributed by atoms with van der Waals surface area (Å²) >= 11 is 0. The first kappa shape index (κ1) is 14.8. The fraction of sp³-hybridized carbons (Fsp3) is 0.643. The number of hydrogen-bond acceptors (Lipinski definition) is 3. The van der Waals surface area contributed by atoms with Crippen LogP contribution in [0, 0.1) is 19.3 Å². The Balaban J connectivity index is 2.69. The third-order valence-corrected chi connectivity index (χ3v) is 3.84. The van der Waals surface area contributed by atoms with Gasteiger partial charge >= 0.3 is 0 Å². The van der Waals surface area contributed by atoms with Crippen molar-refractivity contribution in [1.82, 2.24) is 5.32 Å². The van der Waals surface area contributed by atoms with Crippen molar-refractivity contribution in [2.75, 3.05) is 13.1 Å². The van der Waals surface area contributed by atoms with E-state index in [9.17, 15) is 4.79 Å². The van der Waals surface area contributed by atoms with Crippen LogP contribution in [-0.4, -0.2) is 19.0 Å². The molecule has 0 aliphatic heterocycles. The number of furan rings is 1. The lowest BCUT2D eigenvalue weighted by Gasteiger charge is -2.30. The number of amides is 1. The zero-order chi connectivity index (χ0) is 13.8. The fourth-order valence-corrected chi connectivity index (χ4v) is 2.08. The van der Waals surface area contributed by atoms with Crippen molar-refractivity contribution in [2.24, 2.45) is 11.1 Å². The van der Waals surface area contributed by atoms with Crippen molar-refractivity contribution < 1.29 is 9.21 Å². The molecule has 0 unspecified atom stereocenters. The van der Waals surface area contributed by atoms with E-state index in [1.165, 1.54) is 0 Å². The molecule has 4 heteroatoms. The molecule has 1 aromatic rings. The normalized spacial score (nSPS) is 11.6. The summed E-state index contributed by atoms with van der Waals surface area (Å²) in [5, 5.41) is 2.97. The first-order valence-corrected chi connectivity index (χ1v) is 6.53. The van der Waals surface area contributed by atoms with Crippen LogP contribution in [0.1, 0.15) is 48.6 Å². The smallest absolute Gasteiger partial charge is 0.254 e. The molecular formula is C14H24N2O2. The predicted octanol–water partition coefficient (Wildman–Crippen LogP) is 2.39. The standard InChI is InChI=1S/C14H24N2O2/c1-5-14(6-2,8-15)9-16-13(17)12-7-10(3)18-11(12)4/h7H,5-6,8-9,15H2,1-4H3,(H,16,17). The molecule has 0 saturated carbocycles. The van der Waals surface area contributed by atoms with Gasteiger partial charge in [-0.05, 0) is 44.7 Å². The molecule has 0 atom stereocenters. The molecule has 0 spiro atoms. The lowest BCUT2D eigenvalue weighted by Crippen LogP contribution is -2.41. The van der Waals surface area contributed by atoms with Crippen LogP contribution in [0.25, 0.3) is 0 Å². The van der Waals surface area contributed by atoms with E-state index in [-0.39, 0.29) is 11.3 Å². The summed E-state index contributed by atoms with van der Waals surface area (Å²) in [6.07, 6.45) is 1.92. The minimum absolute atomic E-state index is 0.00233. The first-order valence-electron chi connectivity index (χ1n) is 6.53. The molecule has 0 fully saturated rings. The number of rotatable bonds is 6. The molecule has 0 aromatic carbocycles. The van der Waals surface area contributed by atoms with Crippen molar-refractivity contribution >= 4 is 5.91 Å². The Bertz CT molecular complexity index is 398. The summed E-state index contributed by atoms with van der Waals surface area (Å²) in [5.41, 5.74) is 6.44. The molecule has 3 N–H and O–H groups in total. The second kappa shape index (κ2) is 6.05. The average Bonchev–Trinajstić information content (AvgIpc) is 2.70. The van der Waals surface area contributed by atoms with Gasteiger partial charge in [0.25, 0.3) is 5.91 Å². The second-order valence-electron chi connectivity index (χ2n) is 4.92. The Morgan fingerprint density at radius 2 is 2.00 bits per heavy atom. The van der Waals surface area contributed by atoms with Crippen LogP contribution in [0.4, 0.5) is 0 Å². The van der Waals surface area contributed by atoms with E-state index in [1.54, 1.807) is 13.0 Å². The minimum atomic E-state index is -0.0796. The van der Waals surface area contributed by atoms with Crippen molar-refractivity contribution in [3.8, 4) is 0 Å². The Hall–Kier alpha value is -1.29. The van der Waals surface area contributed by atoms with E-state index in [0.717, 1.165) is 18.6 Å². The zero-order valence-corrected chi connectivity index (χ0v) is 11.8. The van der Waals surface area contributed by atoms with Crippen molar-refractivity contribution in [3.63, 3.8) is 0 Å². The van der Waals surface area contributed by atoms with Gasteiger partial charge in [0.2, 0.25) is 0 Å². The average molecular weight is 252 g/mol. The molecule has 1 aromatic heterocycles. The molecule has 1 rings (SSSR count). The van der Waals surface area contributed by atoms with Crippen LogP contribution >= 0.6 is 0 Å². The van der Waals surface area contributed by atoms with E-state index in [4.69, 9.17) is 10.2 Å². The fourth-order valence-electron chi connectivity index (χ4n) is 2.08. The highest BCUT2D eigenvalue weighted by atomic mass is 16.3. The maximum atomic E-state index is 12.1. The largest absolute Gasteiger partial charge is 0.466 e. The third-order valence-electron chi connectivity index (χ3n) is 3.84. The first-order chi connectivity index (χ1) is 8.48. The topological polar surface area (TPSA) is 68.3 Å². The van der Waals surface area contributed by atoms with Crippen molar-refractivity contribution in [2.45, 2.75) is 40.5 Å². The molecule has 0 saturated heterocycles. The number of hydrogen-bond donors (Lipinski definition) is 2. The van der Waals surface area contributed by atoms with Crippen LogP contribution in [0.5, 0.6) is 0 Å². The van der Waals surface area contributed by atoms with Crippen LogP contribution in [0.15, 0.2) is 10.5 Å². The molecule has 0 radical (unpaired) electrons. The van der Waals surface area contributed by atoms with Crippen molar-refractivity contribution in [1.29, 1.82) is 0 Å². The highest BCUT2D eigenvalue weighted by molar-refractivity contribution is 5.95. The van der Waals surface area contributed by atoms with E-state index < -0.39 is 0 Å². The van der Waals surface area contributed by atoms with Gasteiger partial charge in [-0.25, -0.2) is 0 Å². The Labute approximate surface area is 109 Å². The molecule has 0 bridgehead atoms. The predicted molar refractivity (Wildman–Crippen MR) is 72.6 cm³/mol. The number of carbonyl (C=O) groups is 1. The quantitative estimate of drug-likeness (QED) is 0.816. The van der Waals surface area contributed by atoms with Crippen molar-refractivity contribution in [3.05, 3.63) is 23.2 Å². The summed E-state index contributed by atoms with van der Waals surface area (Å²) in [6, 6.07) is 1.77. The van der Waals surface area contributed by atoms with E-state index in [1.807, 2.05) is 6.92 Å². The number of nitrogens with one attached hydrogen (secondary N) is 1. The van der Waals surface area contributed by atoms with Gasteiger partial charge in [-0.3, -0.25) is 4.79 Å². The molecular weight excluding hydrogens is 228 g/mol. The third kappa shape index (κ3) is 3.13.